The van der Waals surface area contributed by atoms with Gasteiger partial charge in [-0.25, -0.2) is 0 Å². The molecule has 0 radical (unpaired) electrons. The molecule has 0 aliphatic carbocycles. The molecule has 20 heavy (non-hydrogen) atoms. The second kappa shape index (κ2) is 5.18. The average molecular weight is 281 g/mol. The molecular formula is C14H23N3O3. The maximum atomic E-state index is 11.9. The lowest BCUT2D eigenvalue weighted by atomic mass is 9.94. The van der Waals surface area contributed by atoms with E-state index in [1.165, 1.54) is 0 Å². The minimum absolute atomic E-state index is 0.140. The second-order valence-corrected chi connectivity index (χ2v) is 6.47. The van der Waals surface area contributed by atoms with Crippen LogP contribution in [0.1, 0.15) is 39.9 Å². The van der Waals surface area contributed by atoms with Crippen molar-refractivity contribution >= 4 is 11.7 Å². The number of nitrogens with one attached hydrogen (secondary N) is 2. The van der Waals surface area contributed by atoms with E-state index >= 15 is 0 Å². The van der Waals surface area contributed by atoms with Crippen LogP contribution in [0.4, 0.5) is 5.82 Å². The van der Waals surface area contributed by atoms with E-state index in [9.17, 15) is 4.79 Å². The van der Waals surface area contributed by atoms with Gasteiger partial charge in [-0.15, -0.1) is 0 Å². The highest BCUT2D eigenvalue weighted by Crippen LogP contribution is 2.37. The fourth-order valence-corrected chi connectivity index (χ4v) is 2.71. The molecule has 0 saturated carbocycles. The number of nitrogens with zero attached hydrogens (tertiary/aromatic N) is 1. The molecule has 1 saturated heterocycles. The van der Waals surface area contributed by atoms with Crippen molar-refractivity contribution in [2.45, 2.75) is 58.3 Å². The van der Waals surface area contributed by atoms with E-state index in [-0.39, 0.29) is 29.7 Å². The molecule has 1 aromatic rings. The number of rotatable bonds is 4. The summed E-state index contributed by atoms with van der Waals surface area (Å²) in [5.41, 5.74) is -0.449. The van der Waals surface area contributed by atoms with Crippen LogP contribution in [0.25, 0.3) is 0 Å². The van der Waals surface area contributed by atoms with Crippen molar-refractivity contribution in [1.82, 2.24) is 10.5 Å². The zero-order valence-corrected chi connectivity index (χ0v) is 12.7. The van der Waals surface area contributed by atoms with E-state index in [1.54, 1.807) is 13.0 Å². The number of ether oxygens (including phenoxy) is 1. The molecule has 112 valence electrons. The Bertz CT molecular complexity index is 494. The molecule has 6 heteroatoms. The minimum atomic E-state index is -0.283. The monoisotopic (exact) mass is 281 g/mol. The number of carbonyl (C=O) groups is 1. The number of amides is 1. The highest BCUT2D eigenvalue weighted by Gasteiger charge is 2.45. The third kappa shape index (κ3) is 3.58. The maximum absolute atomic E-state index is 11.9. The lowest BCUT2D eigenvalue weighted by molar-refractivity contribution is -0.115. The Hall–Kier alpha value is -1.40. The SMILES string of the molecule is Cc1cc(NC(=O)CNC2CC(C)(C)OC2(C)C)no1. The molecule has 0 spiro atoms. The number of hydrogen-bond acceptors (Lipinski definition) is 5. The van der Waals surface area contributed by atoms with Gasteiger partial charge >= 0.3 is 0 Å². The van der Waals surface area contributed by atoms with E-state index in [0.29, 0.717) is 11.6 Å². The number of aryl methyl sites for hydroxylation is 1. The molecule has 1 amide bonds. The number of aromatic nitrogens is 1. The molecule has 0 aromatic carbocycles. The van der Waals surface area contributed by atoms with Crippen LogP contribution in [0.2, 0.25) is 0 Å². The molecule has 2 N–H and O–H groups in total. The molecule has 1 fully saturated rings. The first-order valence-electron chi connectivity index (χ1n) is 6.85. The fraction of sp³-hybridized carbons (Fsp3) is 0.714. The molecule has 1 atom stereocenters. The van der Waals surface area contributed by atoms with E-state index in [0.717, 1.165) is 6.42 Å². The van der Waals surface area contributed by atoms with Crippen molar-refractivity contribution in [1.29, 1.82) is 0 Å². The van der Waals surface area contributed by atoms with Crippen molar-refractivity contribution in [3.8, 4) is 0 Å². The summed E-state index contributed by atoms with van der Waals surface area (Å²) in [7, 11) is 0. The molecule has 2 heterocycles. The summed E-state index contributed by atoms with van der Waals surface area (Å²) in [6.45, 7) is 10.2. The first-order valence-corrected chi connectivity index (χ1v) is 6.85. The van der Waals surface area contributed by atoms with Crippen LogP contribution < -0.4 is 10.6 Å². The van der Waals surface area contributed by atoms with Crippen LogP contribution in [-0.2, 0) is 9.53 Å². The van der Waals surface area contributed by atoms with E-state index in [4.69, 9.17) is 9.26 Å². The molecule has 0 bridgehead atoms. The van der Waals surface area contributed by atoms with E-state index in [2.05, 4.69) is 29.6 Å². The van der Waals surface area contributed by atoms with Crippen LogP contribution in [-0.4, -0.2) is 34.9 Å². The van der Waals surface area contributed by atoms with Crippen LogP contribution in [0.3, 0.4) is 0 Å². The number of carbonyl (C=O) groups excluding carboxylic acids is 1. The molecule has 1 aliphatic rings. The lowest BCUT2D eigenvalue weighted by Crippen LogP contribution is -2.46. The summed E-state index contributed by atoms with van der Waals surface area (Å²) >= 11 is 0. The Kier molecular flexibility index (Phi) is 3.88. The van der Waals surface area contributed by atoms with Crippen LogP contribution in [0, 0.1) is 6.92 Å². The largest absolute Gasteiger partial charge is 0.368 e. The number of anilines is 1. The zero-order valence-electron chi connectivity index (χ0n) is 12.7. The highest BCUT2D eigenvalue weighted by atomic mass is 16.5. The molecule has 1 aliphatic heterocycles. The van der Waals surface area contributed by atoms with Gasteiger partial charge in [0.1, 0.15) is 5.76 Å². The molecule has 6 nitrogen and oxygen atoms in total. The van der Waals surface area contributed by atoms with Gasteiger partial charge < -0.3 is 19.9 Å². The third-order valence-electron chi connectivity index (χ3n) is 3.48. The van der Waals surface area contributed by atoms with Crippen LogP contribution in [0.5, 0.6) is 0 Å². The summed E-state index contributed by atoms with van der Waals surface area (Å²) in [4.78, 5) is 11.9. The van der Waals surface area contributed by atoms with Gasteiger partial charge in [-0.2, -0.15) is 0 Å². The van der Waals surface area contributed by atoms with Gasteiger partial charge in [-0.1, -0.05) is 5.16 Å². The van der Waals surface area contributed by atoms with Crippen molar-refractivity contribution in [3.63, 3.8) is 0 Å². The van der Waals surface area contributed by atoms with Gasteiger partial charge in [-0.05, 0) is 41.0 Å². The van der Waals surface area contributed by atoms with Crippen molar-refractivity contribution in [2.24, 2.45) is 0 Å². The van der Waals surface area contributed by atoms with Gasteiger partial charge in [0.25, 0.3) is 0 Å². The first-order chi connectivity index (χ1) is 9.18. The Morgan fingerprint density at radius 1 is 1.45 bits per heavy atom. The van der Waals surface area contributed by atoms with Crippen LogP contribution in [0.15, 0.2) is 10.6 Å². The second-order valence-electron chi connectivity index (χ2n) is 6.47. The topological polar surface area (TPSA) is 76.4 Å². The highest BCUT2D eigenvalue weighted by molar-refractivity contribution is 5.91. The normalized spacial score (nSPS) is 23.8. The quantitative estimate of drug-likeness (QED) is 0.881. The van der Waals surface area contributed by atoms with Crippen LogP contribution >= 0.6 is 0 Å². The summed E-state index contributed by atoms with van der Waals surface area (Å²) in [6.07, 6.45) is 0.871. The Balaban J connectivity index is 1.84. The molecular weight excluding hydrogens is 258 g/mol. The Morgan fingerprint density at radius 2 is 2.15 bits per heavy atom. The first kappa shape index (κ1) is 15.0. The molecule has 1 unspecified atom stereocenters. The smallest absolute Gasteiger partial charge is 0.239 e. The van der Waals surface area contributed by atoms with Gasteiger partial charge in [0.2, 0.25) is 5.91 Å². The average Bonchev–Trinajstić information content (AvgIpc) is 2.76. The number of hydrogen-bond donors (Lipinski definition) is 2. The Labute approximate surface area is 119 Å². The maximum Gasteiger partial charge on any atom is 0.239 e. The van der Waals surface area contributed by atoms with Crippen molar-refractivity contribution in [2.75, 3.05) is 11.9 Å². The predicted molar refractivity (Wildman–Crippen MR) is 75.5 cm³/mol. The zero-order chi connectivity index (χ0) is 15.0. The van der Waals surface area contributed by atoms with Gasteiger partial charge in [0, 0.05) is 12.1 Å². The molecule has 2 rings (SSSR count). The van der Waals surface area contributed by atoms with Crippen molar-refractivity contribution in [3.05, 3.63) is 11.8 Å². The van der Waals surface area contributed by atoms with E-state index in [1.807, 2.05) is 13.8 Å². The summed E-state index contributed by atoms with van der Waals surface area (Å²) in [5.74, 6) is 0.968. The summed E-state index contributed by atoms with van der Waals surface area (Å²) in [6, 6.07) is 1.83. The fourth-order valence-electron chi connectivity index (χ4n) is 2.71. The van der Waals surface area contributed by atoms with Gasteiger partial charge in [0.15, 0.2) is 5.82 Å². The minimum Gasteiger partial charge on any atom is -0.368 e. The summed E-state index contributed by atoms with van der Waals surface area (Å²) < 4.78 is 10.9. The summed E-state index contributed by atoms with van der Waals surface area (Å²) in [5, 5.41) is 9.67. The van der Waals surface area contributed by atoms with Crippen molar-refractivity contribution < 1.29 is 14.1 Å². The lowest BCUT2D eigenvalue weighted by Gasteiger charge is -2.27. The molecule has 1 aromatic heterocycles. The van der Waals surface area contributed by atoms with E-state index < -0.39 is 0 Å². The standard InChI is InChI=1S/C14H23N3O3/c1-9-6-11(17-19-9)16-12(18)8-15-10-7-13(2,3)20-14(10,4)5/h6,10,15H,7-8H2,1-5H3,(H,16,17,18). The van der Waals surface area contributed by atoms with Gasteiger partial charge in [0.05, 0.1) is 17.7 Å². The predicted octanol–water partition coefficient (Wildman–Crippen LogP) is 1.86. The third-order valence-corrected chi connectivity index (χ3v) is 3.48. The Morgan fingerprint density at radius 3 is 2.65 bits per heavy atom. The van der Waals surface area contributed by atoms with Gasteiger partial charge in [-0.3, -0.25) is 4.79 Å².